The number of hydrogen-bond acceptors (Lipinski definition) is 3. The van der Waals surface area contributed by atoms with Gasteiger partial charge in [-0.1, -0.05) is 13.8 Å². The number of carbonyl (C=O) groups excluding carboxylic acids is 1. The van der Waals surface area contributed by atoms with E-state index >= 15 is 0 Å². The van der Waals surface area contributed by atoms with Crippen molar-refractivity contribution < 1.29 is 20.0 Å². The van der Waals surface area contributed by atoms with Gasteiger partial charge in [-0.25, -0.2) is 0 Å². The first kappa shape index (κ1) is 15.5. The van der Waals surface area contributed by atoms with Gasteiger partial charge in [0.25, 0.3) is 0 Å². The molecule has 0 heterocycles. The summed E-state index contributed by atoms with van der Waals surface area (Å²) in [5.41, 5.74) is 1.08. The van der Waals surface area contributed by atoms with Crippen LogP contribution in [0, 0.1) is 5.92 Å². The molecular formula is C15H23NO3. The van der Waals surface area contributed by atoms with Crippen LogP contribution in [0.3, 0.4) is 0 Å². The van der Waals surface area contributed by atoms with Crippen LogP contribution in [0.1, 0.15) is 32.8 Å². The summed E-state index contributed by atoms with van der Waals surface area (Å²) >= 11 is 0. The molecule has 0 aliphatic rings. The Kier molecular flexibility index (Phi) is 6.36. The largest absolute Gasteiger partial charge is 0.544 e. The van der Waals surface area contributed by atoms with Gasteiger partial charge >= 0.3 is 0 Å². The number of benzene rings is 1. The van der Waals surface area contributed by atoms with E-state index in [4.69, 9.17) is 4.74 Å². The number of carboxylic acids is 1. The van der Waals surface area contributed by atoms with Crippen LogP contribution >= 0.6 is 0 Å². The van der Waals surface area contributed by atoms with Gasteiger partial charge in [-0.05, 0) is 37.1 Å². The number of aliphatic carboxylic acids is 1. The average Bonchev–Trinajstić information content (AvgIpc) is 2.36. The van der Waals surface area contributed by atoms with Crippen LogP contribution in [0.15, 0.2) is 24.3 Å². The van der Waals surface area contributed by atoms with Crippen molar-refractivity contribution in [3.05, 3.63) is 29.8 Å². The Morgan fingerprint density at radius 1 is 1.32 bits per heavy atom. The van der Waals surface area contributed by atoms with E-state index < -0.39 is 12.0 Å². The summed E-state index contributed by atoms with van der Waals surface area (Å²) in [6, 6.07) is 7.25. The van der Waals surface area contributed by atoms with E-state index in [-0.39, 0.29) is 0 Å². The second kappa shape index (κ2) is 7.79. The molecule has 0 aromatic heterocycles. The highest BCUT2D eigenvalue weighted by molar-refractivity contribution is 5.69. The quantitative estimate of drug-likeness (QED) is 0.736. The van der Waals surface area contributed by atoms with E-state index in [0.717, 1.165) is 11.3 Å². The van der Waals surface area contributed by atoms with Crippen LogP contribution in [-0.2, 0) is 11.3 Å². The van der Waals surface area contributed by atoms with Crippen LogP contribution in [0.4, 0.5) is 0 Å². The summed E-state index contributed by atoms with van der Waals surface area (Å²) in [5, 5.41) is 12.9. The number of rotatable bonds is 8. The highest BCUT2D eigenvalue weighted by Crippen LogP contribution is 2.11. The Morgan fingerprint density at radius 3 is 2.42 bits per heavy atom. The van der Waals surface area contributed by atoms with Gasteiger partial charge in [-0.2, -0.15) is 0 Å². The molecule has 1 aromatic rings. The third-order valence-corrected chi connectivity index (χ3v) is 2.90. The second-order valence-electron chi connectivity index (χ2n) is 5.07. The summed E-state index contributed by atoms with van der Waals surface area (Å²) < 4.78 is 5.36. The molecule has 1 unspecified atom stereocenters. The number of carboxylic acid groups (broad SMARTS) is 1. The second-order valence-corrected chi connectivity index (χ2v) is 5.07. The van der Waals surface area contributed by atoms with Crippen molar-refractivity contribution in [2.24, 2.45) is 5.92 Å². The van der Waals surface area contributed by atoms with Gasteiger partial charge in [0.05, 0.1) is 12.6 Å². The maximum Gasteiger partial charge on any atom is 0.127 e. The van der Waals surface area contributed by atoms with Gasteiger partial charge in [-0.3, -0.25) is 0 Å². The van der Waals surface area contributed by atoms with Crippen LogP contribution in [0.5, 0.6) is 5.75 Å². The summed E-state index contributed by atoms with van der Waals surface area (Å²) in [6.45, 7) is 7.25. The van der Waals surface area contributed by atoms with Crippen molar-refractivity contribution in [3.8, 4) is 5.75 Å². The van der Waals surface area contributed by atoms with Crippen LogP contribution < -0.4 is 15.2 Å². The lowest BCUT2D eigenvalue weighted by atomic mass is 10.0. The third-order valence-electron chi connectivity index (χ3n) is 2.90. The zero-order chi connectivity index (χ0) is 14.3. The van der Waals surface area contributed by atoms with Crippen LogP contribution in [0.25, 0.3) is 0 Å². The Labute approximate surface area is 114 Å². The molecule has 1 rings (SSSR count). The summed E-state index contributed by atoms with van der Waals surface area (Å²) in [5.74, 6) is 0.198. The van der Waals surface area contributed by atoms with Crippen LogP contribution in [0.2, 0.25) is 0 Å². The fourth-order valence-corrected chi connectivity index (χ4v) is 1.96. The van der Waals surface area contributed by atoms with Gasteiger partial charge in [0, 0.05) is 12.0 Å². The number of quaternary nitrogens is 1. The lowest BCUT2D eigenvalue weighted by Gasteiger charge is -2.18. The summed E-state index contributed by atoms with van der Waals surface area (Å²) in [6.07, 6.45) is 0.624. The van der Waals surface area contributed by atoms with E-state index in [1.165, 1.54) is 0 Å². The first-order chi connectivity index (χ1) is 9.02. The van der Waals surface area contributed by atoms with Crippen molar-refractivity contribution >= 4 is 5.97 Å². The number of ether oxygens (including phenoxy) is 1. The van der Waals surface area contributed by atoms with E-state index in [1.54, 1.807) is 0 Å². The van der Waals surface area contributed by atoms with Crippen molar-refractivity contribution in [1.29, 1.82) is 0 Å². The summed E-state index contributed by atoms with van der Waals surface area (Å²) in [7, 11) is 0. The molecule has 0 bridgehead atoms. The normalized spacial score (nSPS) is 12.4. The molecular weight excluding hydrogens is 242 g/mol. The van der Waals surface area contributed by atoms with Crippen molar-refractivity contribution in [2.75, 3.05) is 6.61 Å². The van der Waals surface area contributed by atoms with Crippen molar-refractivity contribution in [3.63, 3.8) is 0 Å². The molecule has 0 amide bonds. The highest BCUT2D eigenvalue weighted by atomic mass is 16.5. The minimum absolute atomic E-state index is 0.347. The molecule has 19 heavy (non-hydrogen) atoms. The Balaban J connectivity index is 2.51. The van der Waals surface area contributed by atoms with Gasteiger partial charge in [0.2, 0.25) is 0 Å². The van der Waals surface area contributed by atoms with E-state index in [0.29, 0.717) is 25.5 Å². The Morgan fingerprint density at radius 2 is 1.95 bits per heavy atom. The monoisotopic (exact) mass is 265 g/mol. The fraction of sp³-hybridized carbons (Fsp3) is 0.533. The maximum absolute atomic E-state index is 11.0. The molecule has 0 saturated carbocycles. The van der Waals surface area contributed by atoms with Crippen LogP contribution in [-0.4, -0.2) is 18.6 Å². The smallest absolute Gasteiger partial charge is 0.127 e. The SMILES string of the molecule is CCOc1ccc(C[NH2+]C(CC(C)C)C(=O)[O-])cc1. The van der Waals surface area contributed by atoms with Gasteiger partial charge < -0.3 is 20.0 Å². The zero-order valence-corrected chi connectivity index (χ0v) is 11.9. The van der Waals surface area contributed by atoms with Gasteiger partial charge in [0.15, 0.2) is 0 Å². The standard InChI is InChI=1S/C15H23NO3/c1-4-19-13-7-5-12(6-8-13)10-16-14(15(17)18)9-11(2)3/h5-8,11,14,16H,4,9-10H2,1-3H3,(H,17,18). The topological polar surface area (TPSA) is 66.0 Å². The minimum atomic E-state index is -0.986. The summed E-state index contributed by atoms with van der Waals surface area (Å²) in [4.78, 5) is 11.0. The first-order valence-corrected chi connectivity index (χ1v) is 6.78. The number of carbonyl (C=O) groups is 1. The van der Waals surface area contributed by atoms with Gasteiger partial charge in [0.1, 0.15) is 18.3 Å². The zero-order valence-electron chi connectivity index (χ0n) is 11.9. The molecule has 106 valence electrons. The minimum Gasteiger partial charge on any atom is -0.544 e. The maximum atomic E-state index is 11.0. The van der Waals surface area contributed by atoms with Crippen molar-refractivity contribution in [2.45, 2.75) is 39.8 Å². The molecule has 0 aliphatic heterocycles. The van der Waals surface area contributed by atoms with E-state index in [9.17, 15) is 9.90 Å². The van der Waals surface area contributed by atoms with E-state index in [2.05, 4.69) is 0 Å². The molecule has 4 heteroatoms. The number of hydrogen-bond donors (Lipinski definition) is 1. The molecule has 1 aromatic carbocycles. The molecule has 0 saturated heterocycles. The third kappa shape index (κ3) is 5.75. The Bertz CT molecular complexity index is 387. The van der Waals surface area contributed by atoms with Crippen molar-refractivity contribution in [1.82, 2.24) is 0 Å². The predicted molar refractivity (Wildman–Crippen MR) is 71.5 cm³/mol. The molecule has 0 aliphatic carbocycles. The average molecular weight is 265 g/mol. The molecule has 0 radical (unpaired) electrons. The molecule has 2 N–H and O–H groups in total. The molecule has 0 spiro atoms. The lowest BCUT2D eigenvalue weighted by Crippen LogP contribution is -2.91. The molecule has 0 fully saturated rings. The predicted octanol–water partition coefficient (Wildman–Crippen LogP) is 0.313. The Hall–Kier alpha value is -1.55. The highest BCUT2D eigenvalue weighted by Gasteiger charge is 2.15. The van der Waals surface area contributed by atoms with E-state index in [1.807, 2.05) is 50.4 Å². The fourth-order valence-electron chi connectivity index (χ4n) is 1.96. The molecule has 4 nitrogen and oxygen atoms in total. The van der Waals surface area contributed by atoms with Gasteiger partial charge in [-0.15, -0.1) is 0 Å². The number of nitrogens with two attached hydrogens (primary N) is 1. The molecule has 1 atom stereocenters. The first-order valence-electron chi connectivity index (χ1n) is 6.78. The lowest BCUT2D eigenvalue weighted by molar-refractivity contribution is -0.699.